The number of rotatable bonds is 3. The highest BCUT2D eigenvalue weighted by Crippen LogP contribution is 2.22. The zero-order valence-corrected chi connectivity index (χ0v) is 12.4. The molecule has 1 unspecified atom stereocenters. The number of halogens is 2. The van der Waals surface area contributed by atoms with Gasteiger partial charge in [0.05, 0.1) is 19.1 Å². The minimum atomic E-state index is -0.828. The molecule has 2 fully saturated rings. The van der Waals surface area contributed by atoms with Crippen molar-refractivity contribution in [2.24, 2.45) is 5.92 Å². The lowest BCUT2D eigenvalue weighted by atomic mass is 10.1. The summed E-state index contributed by atoms with van der Waals surface area (Å²) in [5.74, 6) is -1.46. The van der Waals surface area contributed by atoms with Gasteiger partial charge in [-0.3, -0.25) is 9.69 Å². The number of ether oxygens (including phenoxy) is 1. The Morgan fingerprint density at radius 3 is 2.68 bits per heavy atom. The van der Waals surface area contributed by atoms with Crippen LogP contribution in [0.1, 0.15) is 12.0 Å². The van der Waals surface area contributed by atoms with E-state index in [0.29, 0.717) is 39.4 Å². The van der Waals surface area contributed by atoms with E-state index in [1.165, 1.54) is 6.07 Å². The summed E-state index contributed by atoms with van der Waals surface area (Å²) in [7, 11) is 0. The number of hydrogen-bond donors (Lipinski definition) is 0. The fourth-order valence-electron chi connectivity index (χ4n) is 3.12. The fraction of sp³-hybridized carbons (Fsp3) is 0.562. The second-order valence-electron chi connectivity index (χ2n) is 5.91. The normalized spacial score (nSPS) is 23.0. The number of carbonyl (C=O) groups is 1. The van der Waals surface area contributed by atoms with Crippen LogP contribution in [0.25, 0.3) is 0 Å². The molecule has 6 heteroatoms. The molecule has 0 N–H and O–H groups in total. The average molecular weight is 310 g/mol. The molecule has 1 amide bonds. The molecule has 2 heterocycles. The molecule has 2 saturated heterocycles. The monoisotopic (exact) mass is 310 g/mol. The van der Waals surface area contributed by atoms with Crippen molar-refractivity contribution in [2.75, 3.05) is 39.4 Å². The maximum atomic E-state index is 13.2. The molecule has 0 aromatic heterocycles. The molecule has 3 rings (SSSR count). The van der Waals surface area contributed by atoms with Gasteiger partial charge >= 0.3 is 0 Å². The van der Waals surface area contributed by atoms with E-state index in [1.54, 1.807) is 6.07 Å². The minimum absolute atomic E-state index is 0.00314. The van der Waals surface area contributed by atoms with Crippen molar-refractivity contribution in [3.63, 3.8) is 0 Å². The second kappa shape index (κ2) is 6.71. The number of amides is 1. The Morgan fingerprint density at radius 2 is 1.95 bits per heavy atom. The third-order valence-corrected chi connectivity index (χ3v) is 4.33. The van der Waals surface area contributed by atoms with Gasteiger partial charge in [-0.1, -0.05) is 6.07 Å². The molecule has 0 aliphatic carbocycles. The Hall–Kier alpha value is -1.53. The number of likely N-dealkylation sites (tertiary alicyclic amines) is 1. The predicted molar refractivity (Wildman–Crippen MR) is 77.1 cm³/mol. The molecule has 0 bridgehead atoms. The van der Waals surface area contributed by atoms with Crippen LogP contribution in [0.3, 0.4) is 0 Å². The fourth-order valence-corrected chi connectivity index (χ4v) is 3.12. The SMILES string of the molecule is O=C(C1CCN(Cc2ccc(F)c(F)c2)C1)N1CCOCC1. The Labute approximate surface area is 128 Å². The summed E-state index contributed by atoms with van der Waals surface area (Å²) in [5.41, 5.74) is 0.735. The van der Waals surface area contributed by atoms with Gasteiger partial charge in [0, 0.05) is 26.2 Å². The number of hydrogen-bond acceptors (Lipinski definition) is 3. The zero-order chi connectivity index (χ0) is 15.5. The van der Waals surface area contributed by atoms with Gasteiger partial charge in [0.25, 0.3) is 0 Å². The molecule has 1 atom stereocenters. The summed E-state index contributed by atoms with van der Waals surface area (Å²) in [5, 5.41) is 0. The van der Waals surface area contributed by atoms with Crippen molar-refractivity contribution in [3.8, 4) is 0 Å². The van der Waals surface area contributed by atoms with Crippen LogP contribution >= 0.6 is 0 Å². The standard InChI is InChI=1S/C16H20F2N2O2/c17-14-2-1-12(9-15(14)18)10-19-4-3-13(11-19)16(21)20-5-7-22-8-6-20/h1-2,9,13H,3-8,10-11H2. The molecule has 2 aliphatic heterocycles. The van der Waals surface area contributed by atoms with E-state index in [1.807, 2.05) is 4.90 Å². The van der Waals surface area contributed by atoms with E-state index < -0.39 is 11.6 Å². The molecule has 22 heavy (non-hydrogen) atoms. The third kappa shape index (κ3) is 3.44. The highest BCUT2D eigenvalue weighted by molar-refractivity contribution is 5.79. The molecular weight excluding hydrogens is 290 g/mol. The quantitative estimate of drug-likeness (QED) is 0.851. The zero-order valence-electron chi connectivity index (χ0n) is 12.4. The van der Waals surface area contributed by atoms with Crippen LogP contribution in [-0.2, 0) is 16.1 Å². The lowest BCUT2D eigenvalue weighted by molar-refractivity contribution is -0.139. The first-order chi connectivity index (χ1) is 10.6. The van der Waals surface area contributed by atoms with Crippen molar-refractivity contribution in [2.45, 2.75) is 13.0 Å². The Morgan fingerprint density at radius 1 is 1.18 bits per heavy atom. The number of nitrogens with zero attached hydrogens (tertiary/aromatic N) is 2. The largest absolute Gasteiger partial charge is 0.378 e. The Balaban J connectivity index is 1.55. The molecule has 0 saturated carbocycles. The van der Waals surface area contributed by atoms with Gasteiger partial charge in [-0.2, -0.15) is 0 Å². The highest BCUT2D eigenvalue weighted by atomic mass is 19.2. The molecule has 0 radical (unpaired) electrons. The molecule has 0 spiro atoms. The third-order valence-electron chi connectivity index (χ3n) is 4.33. The molecule has 4 nitrogen and oxygen atoms in total. The summed E-state index contributed by atoms with van der Waals surface area (Å²) in [4.78, 5) is 16.4. The summed E-state index contributed by atoms with van der Waals surface area (Å²) in [6, 6.07) is 3.97. The van der Waals surface area contributed by atoms with Gasteiger partial charge < -0.3 is 9.64 Å². The second-order valence-corrected chi connectivity index (χ2v) is 5.91. The lowest BCUT2D eigenvalue weighted by Crippen LogP contribution is -2.44. The van der Waals surface area contributed by atoms with Crippen LogP contribution in [0, 0.1) is 17.6 Å². The maximum Gasteiger partial charge on any atom is 0.227 e. The van der Waals surface area contributed by atoms with Crippen LogP contribution in [0.5, 0.6) is 0 Å². The molecule has 1 aromatic carbocycles. The van der Waals surface area contributed by atoms with E-state index in [9.17, 15) is 13.6 Å². The van der Waals surface area contributed by atoms with Gasteiger partial charge in [0.1, 0.15) is 0 Å². The van der Waals surface area contributed by atoms with Crippen molar-refractivity contribution < 1.29 is 18.3 Å². The lowest BCUT2D eigenvalue weighted by Gasteiger charge is -2.29. The van der Waals surface area contributed by atoms with Crippen LogP contribution < -0.4 is 0 Å². The van der Waals surface area contributed by atoms with Crippen LogP contribution in [0.2, 0.25) is 0 Å². The van der Waals surface area contributed by atoms with Gasteiger partial charge in [-0.15, -0.1) is 0 Å². The Kier molecular flexibility index (Phi) is 4.69. The van der Waals surface area contributed by atoms with E-state index in [0.717, 1.165) is 24.6 Å². The van der Waals surface area contributed by atoms with Gasteiger partial charge in [-0.05, 0) is 30.7 Å². The van der Waals surface area contributed by atoms with Gasteiger partial charge in [-0.25, -0.2) is 8.78 Å². The first-order valence-electron chi connectivity index (χ1n) is 7.66. The van der Waals surface area contributed by atoms with Crippen molar-refractivity contribution in [1.29, 1.82) is 0 Å². The maximum absolute atomic E-state index is 13.2. The molecule has 2 aliphatic rings. The minimum Gasteiger partial charge on any atom is -0.378 e. The van der Waals surface area contributed by atoms with E-state index in [-0.39, 0.29) is 11.8 Å². The highest BCUT2D eigenvalue weighted by Gasteiger charge is 2.32. The number of carbonyl (C=O) groups excluding carboxylic acids is 1. The first-order valence-corrected chi connectivity index (χ1v) is 7.66. The van der Waals surface area contributed by atoms with Gasteiger partial charge in [0.15, 0.2) is 11.6 Å². The summed E-state index contributed by atoms with van der Waals surface area (Å²) in [6.45, 7) is 4.57. The average Bonchev–Trinajstić information content (AvgIpc) is 2.99. The summed E-state index contributed by atoms with van der Waals surface area (Å²) < 4.78 is 31.4. The van der Waals surface area contributed by atoms with E-state index >= 15 is 0 Å². The summed E-state index contributed by atoms with van der Waals surface area (Å²) in [6.07, 6.45) is 0.819. The first kappa shape index (κ1) is 15.4. The van der Waals surface area contributed by atoms with Gasteiger partial charge in [0.2, 0.25) is 5.91 Å². The van der Waals surface area contributed by atoms with Crippen LogP contribution in [0.4, 0.5) is 8.78 Å². The molecule has 1 aromatic rings. The van der Waals surface area contributed by atoms with E-state index in [2.05, 4.69) is 4.90 Å². The molecule has 120 valence electrons. The predicted octanol–water partition coefficient (Wildman–Crippen LogP) is 1.65. The number of benzene rings is 1. The van der Waals surface area contributed by atoms with Crippen molar-refractivity contribution >= 4 is 5.91 Å². The van der Waals surface area contributed by atoms with Crippen molar-refractivity contribution in [3.05, 3.63) is 35.4 Å². The van der Waals surface area contributed by atoms with E-state index in [4.69, 9.17) is 4.74 Å². The summed E-state index contributed by atoms with van der Waals surface area (Å²) >= 11 is 0. The van der Waals surface area contributed by atoms with Crippen LogP contribution in [-0.4, -0.2) is 55.1 Å². The topological polar surface area (TPSA) is 32.8 Å². The van der Waals surface area contributed by atoms with Crippen LogP contribution in [0.15, 0.2) is 18.2 Å². The number of morpholine rings is 1. The molecular formula is C16H20F2N2O2. The Bertz CT molecular complexity index is 547. The van der Waals surface area contributed by atoms with Crippen molar-refractivity contribution in [1.82, 2.24) is 9.80 Å². The smallest absolute Gasteiger partial charge is 0.227 e.